The highest BCUT2D eigenvalue weighted by molar-refractivity contribution is 9.12. The quantitative estimate of drug-likeness (QED) is 0.525. The number of nitrogens with zero attached hydrogens (tertiary/aromatic N) is 2. The fourth-order valence-corrected chi connectivity index (χ4v) is 3.02. The summed E-state index contributed by atoms with van der Waals surface area (Å²) in [5.41, 5.74) is 1.64. The second-order valence-electron chi connectivity index (χ2n) is 5.14. The lowest BCUT2D eigenvalue weighted by Crippen LogP contribution is -2.28. The van der Waals surface area contributed by atoms with Crippen LogP contribution < -0.4 is 5.56 Å². The van der Waals surface area contributed by atoms with Gasteiger partial charge in [0.1, 0.15) is 0 Å². The number of alkyl halides is 2. The van der Waals surface area contributed by atoms with Crippen LogP contribution in [0.4, 0.5) is 0 Å². The van der Waals surface area contributed by atoms with Gasteiger partial charge in [-0.25, -0.2) is 4.68 Å². The second-order valence-corrected chi connectivity index (χ2v) is 7.52. The lowest BCUT2D eigenvalue weighted by molar-refractivity contribution is 0.593. The monoisotopic (exact) mass is 454 g/mol. The van der Waals surface area contributed by atoms with Crippen molar-refractivity contribution in [1.82, 2.24) is 9.78 Å². The molecule has 0 aliphatic heterocycles. The van der Waals surface area contributed by atoms with Crippen molar-refractivity contribution < 1.29 is 0 Å². The molecule has 0 saturated carbocycles. The van der Waals surface area contributed by atoms with Crippen LogP contribution >= 0.6 is 43.5 Å². The molecule has 3 aromatic rings. The largest absolute Gasteiger partial charge is 0.274 e. The van der Waals surface area contributed by atoms with Crippen molar-refractivity contribution in [2.45, 2.75) is 11.4 Å². The van der Waals surface area contributed by atoms with Crippen molar-refractivity contribution in [2.24, 2.45) is 0 Å². The molecule has 23 heavy (non-hydrogen) atoms. The minimum absolute atomic E-state index is 0.0799. The zero-order valence-electron chi connectivity index (χ0n) is 12.0. The van der Waals surface area contributed by atoms with Crippen LogP contribution in [0.2, 0.25) is 5.02 Å². The average molecular weight is 457 g/mol. The second kappa shape index (κ2) is 7.16. The fourth-order valence-electron chi connectivity index (χ4n) is 2.42. The van der Waals surface area contributed by atoms with E-state index in [4.69, 9.17) is 11.6 Å². The molecule has 6 heteroatoms. The van der Waals surface area contributed by atoms with Gasteiger partial charge >= 0.3 is 0 Å². The first-order valence-electron chi connectivity index (χ1n) is 7.06. The van der Waals surface area contributed by atoms with Crippen molar-refractivity contribution in [3.05, 3.63) is 63.9 Å². The van der Waals surface area contributed by atoms with E-state index in [1.165, 1.54) is 4.68 Å². The van der Waals surface area contributed by atoms with Crippen molar-refractivity contribution >= 4 is 54.2 Å². The fraction of sp³-hybridized carbons (Fsp3) is 0.176. The molecule has 0 spiro atoms. The number of fused-ring (bicyclic) bond motifs is 1. The van der Waals surface area contributed by atoms with Gasteiger partial charge in [0.05, 0.1) is 17.6 Å². The highest BCUT2D eigenvalue weighted by Gasteiger charge is 2.14. The summed E-state index contributed by atoms with van der Waals surface area (Å²) in [6.07, 6.45) is 0. The van der Waals surface area contributed by atoms with Crippen LogP contribution in [0, 0.1) is 0 Å². The standard InChI is InChI=1S/C17H13Br2ClN2O/c18-9-12(19)10-22-17(23)15-4-2-1-3-14(15)16(21-22)11-5-7-13(20)8-6-11/h1-8,12H,9-10H2. The number of benzene rings is 2. The van der Waals surface area contributed by atoms with Crippen molar-refractivity contribution in [2.75, 3.05) is 5.33 Å². The van der Waals surface area contributed by atoms with E-state index in [1.807, 2.05) is 48.5 Å². The Kier molecular flexibility index (Phi) is 5.19. The van der Waals surface area contributed by atoms with E-state index in [1.54, 1.807) is 0 Å². The van der Waals surface area contributed by atoms with Gasteiger partial charge in [-0.3, -0.25) is 4.79 Å². The molecular weight excluding hydrogens is 443 g/mol. The molecule has 0 fully saturated rings. The van der Waals surface area contributed by atoms with Crippen LogP contribution in [0.3, 0.4) is 0 Å². The highest BCUT2D eigenvalue weighted by Crippen LogP contribution is 2.26. The van der Waals surface area contributed by atoms with Crippen LogP contribution in [0.15, 0.2) is 53.3 Å². The summed E-state index contributed by atoms with van der Waals surface area (Å²) in [7, 11) is 0. The van der Waals surface area contributed by atoms with Crippen LogP contribution in [0.1, 0.15) is 0 Å². The molecule has 0 amide bonds. The van der Waals surface area contributed by atoms with Crippen molar-refractivity contribution in [3.63, 3.8) is 0 Å². The molecule has 1 atom stereocenters. The van der Waals surface area contributed by atoms with Gasteiger partial charge in [0.2, 0.25) is 0 Å². The van der Waals surface area contributed by atoms with Gasteiger partial charge in [0.15, 0.2) is 0 Å². The number of halogens is 3. The van der Waals surface area contributed by atoms with Crippen molar-refractivity contribution in [1.29, 1.82) is 0 Å². The van der Waals surface area contributed by atoms with Gasteiger partial charge < -0.3 is 0 Å². The smallest absolute Gasteiger partial charge is 0.267 e. The molecule has 118 valence electrons. The molecule has 0 saturated heterocycles. The summed E-state index contributed by atoms with van der Waals surface area (Å²) in [6.45, 7) is 0.496. The summed E-state index contributed by atoms with van der Waals surface area (Å²) >= 11 is 12.9. The Morgan fingerprint density at radius 2 is 1.74 bits per heavy atom. The highest BCUT2D eigenvalue weighted by atomic mass is 79.9. The molecule has 3 rings (SSSR count). The normalized spacial score (nSPS) is 12.5. The number of rotatable bonds is 4. The molecule has 3 nitrogen and oxygen atoms in total. The maximum atomic E-state index is 12.7. The third-order valence-electron chi connectivity index (χ3n) is 3.52. The third kappa shape index (κ3) is 3.52. The number of aromatic nitrogens is 2. The Hall–Kier alpha value is -1.17. The van der Waals surface area contributed by atoms with Gasteiger partial charge in [0.25, 0.3) is 5.56 Å². The molecule has 1 aromatic heterocycles. The van der Waals surface area contributed by atoms with Gasteiger partial charge in [-0.2, -0.15) is 5.10 Å². The van der Waals surface area contributed by atoms with Crippen LogP contribution in [0.25, 0.3) is 22.0 Å². The maximum absolute atomic E-state index is 12.7. The predicted molar refractivity (Wildman–Crippen MR) is 103 cm³/mol. The average Bonchev–Trinajstić information content (AvgIpc) is 2.58. The molecule has 0 aliphatic carbocycles. The van der Waals surface area contributed by atoms with Crippen LogP contribution in [-0.4, -0.2) is 19.9 Å². The summed E-state index contributed by atoms with van der Waals surface area (Å²) in [4.78, 5) is 12.8. The molecule has 1 unspecified atom stereocenters. The SMILES string of the molecule is O=c1c2ccccc2c(-c2ccc(Cl)cc2)nn1CC(Br)CBr. The van der Waals surface area contributed by atoms with E-state index < -0.39 is 0 Å². The Balaban J connectivity index is 2.25. The van der Waals surface area contributed by atoms with Gasteiger partial charge in [-0.15, -0.1) is 0 Å². The Bertz CT molecular complexity index is 893. The summed E-state index contributed by atoms with van der Waals surface area (Å²) in [6, 6.07) is 15.0. The minimum Gasteiger partial charge on any atom is -0.267 e. The first-order valence-corrected chi connectivity index (χ1v) is 9.47. The molecule has 0 radical (unpaired) electrons. The Morgan fingerprint density at radius 3 is 2.39 bits per heavy atom. The summed E-state index contributed by atoms with van der Waals surface area (Å²) < 4.78 is 1.52. The van der Waals surface area contributed by atoms with Gasteiger partial charge in [0, 0.05) is 26.1 Å². The zero-order valence-corrected chi connectivity index (χ0v) is 16.0. The van der Waals surface area contributed by atoms with Crippen LogP contribution in [0.5, 0.6) is 0 Å². The lowest BCUT2D eigenvalue weighted by atomic mass is 10.1. The van der Waals surface area contributed by atoms with Crippen LogP contribution in [-0.2, 0) is 6.54 Å². The van der Waals surface area contributed by atoms with Gasteiger partial charge in [-0.1, -0.05) is 73.8 Å². The molecule has 2 aromatic carbocycles. The number of hydrogen-bond donors (Lipinski definition) is 0. The molecule has 0 N–H and O–H groups in total. The predicted octanol–water partition coefficient (Wildman–Crippen LogP) is 4.88. The molecule has 1 heterocycles. The van der Waals surface area contributed by atoms with E-state index in [-0.39, 0.29) is 10.4 Å². The first-order chi connectivity index (χ1) is 11.1. The van der Waals surface area contributed by atoms with E-state index >= 15 is 0 Å². The van der Waals surface area contributed by atoms with E-state index in [9.17, 15) is 4.79 Å². The first kappa shape index (κ1) is 16.7. The molecule has 0 aliphatic rings. The summed E-state index contributed by atoms with van der Waals surface area (Å²) in [5.74, 6) is 0. The topological polar surface area (TPSA) is 34.9 Å². The van der Waals surface area contributed by atoms with E-state index in [0.29, 0.717) is 17.0 Å². The van der Waals surface area contributed by atoms with Gasteiger partial charge in [-0.05, 0) is 18.2 Å². The van der Waals surface area contributed by atoms with E-state index in [0.717, 1.165) is 22.0 Å². The Labute approximate surface area is 155 Å². The van der Waals surface area contributed by atoms with E-state index in [2.05, 4.69) is 37.0 Å². The molecular formula is C17H13Br2ClN2O. The number of hydrogen-bond acceptors (Lipinski definition) is 2. The minimum atomic E-state index is -0.0799. The van der Waals surface area contributed by atoms with Crippen molar-refractivity contribution in [3.8, 4) is 11.3 Å². The Morgan fingerprint density at radius 1 is 1.09 bits per heavy atom. The third-order valence-corrected chi connectivity index (χ3v) is 6.04. The zero-order chi connectivity index (χ0) is 16.4. The molecule has 0 bridgehead atoms. The lowest BCUT2D eigenvalue weighted by Gasteiger charge is -2.13. The maximum Gasteiger partial charge on any atom is 0.274 e. The summed E-state index contributed by atoms with van der Waals surface area (Å²) in [5, 5.41) is 7.53.